The van der Waals surface area contributed by atoms with E-state index < -0.39 is 5.28 Å². The molecule has 0 aliphatic rings. The first-order chi connectivity index (χ1) is 2.24. The number of hydrogen-bond acceptors (Lipinski definition) is 0. The summed E-state index contributed by atoms with van der Waals surface area (Å²) in [5.74, 6) is 0. The number of hydrogen-bond donors (Lipinski definition) is 0. The Kier molecular flexibility index (Phi) is 1.57. The van der Waals surface area contributed by atoms with Crippen molar-refractivity contribution in [1.82, 2.24) is 0 Å². The van der Waals surface area contributed by atoms with Gasteiger partial charge in [0, 0.05) is 0 Å². The van der Waals surface area contributed by atoms with Crippen molar-refractivity contribution in [2.24, 2.45) is 0 Å². The first kappa shape index (κ1) is 7.16. The Bertz CT molecular complexity index is 42.0. The molecular weight excluding hydrogens is 175 g/mol. The van der Waals surface area contributed by atoms with Gasteiger partial charge in [-0.1, -0.05) is 0 Å². The van der Waals surface area contributed by atoms with Crippen molar-refractivity contribution in [1.29, 1.82) is 0 Å². The van der Waals surface area contributed by atoms with E-state index in [4.69, 9.17) is 0 Å². The fraction of sp³-hybridized carbons (Fsp3) is 0. The Morgan fingerprint density at radius 1 is 1.00 bits per heavy atom. The van der Waals surface area contributed by atoms with Gasteiger partial charge in [0.1, 0.15) is 0 Å². The van der Waals surface area contributed by atoms with Crippen LogP contribution in [0.3, 0.4) is 0 Å². The predicted molar refractivity (Wildman–Crippen MR) is 26.7 cm³/mol. The van der Waals surface area contributed by atoms with Crippen molar-refractivity contribution in [2.75, 3.05) is 0 Å². The van der Waals surface area contributed by atoms with Crippen molar-refractivity contribution in [3.05, 3.63) is 0 Å². The van der Waals surface area contributed by atoms with Gasteiger partial charge in [0.15, 0.2) is 0 Å². The maximum absolute atomic E-state index is 11.1. The molecule has 0 N–H and O–H groups in total. The van der Waals surface area contributed by atoms with Crippen LogP contribution in [-0.2, 0) is 0 Å². The molecule has 0 fully saturated rings. The minimum atomic E-state index is -5.63. The molecule has 0 bridgehead atoms. The van der Waals surface area contributed by atoms with E-state index in [9.17, 15) is 8.39 Å². The van der Waals surface area contributed by atoms with E-state index in [-0.39, 0.29) is 0 Å². The van der Waals surface area contributed by atoms with Crippen molar-refractivity contribution in [3.8, 4) is 0 Å². The molecule has 0 amide bonds. The van der Waals surface area contributed by atoms with E-state index in [1.54, 1.807) is 0 Å². The average Bonchev–Trinajstić information content (AvgIpc) is 0.650. The summed E-state index contributed by atoms with van der Waals surface area (Å²) in [5.41, 5.74) is 0. The molecule has 0 nitrogen and oxygen atoms in total. The van der Waals surface area contributed by atoms with Gasteiger partial charge in [-0.3, -0.25) is 0 Å². The SMILES string of the molecule is FP(F)(Cl)(Cl)Cl. The number of halogens is 5. The minimum absolute atomic E-state index is 4.11. The van der Waals surface area contributed by atoms with Crippen molar-refractivity contribution < 1.29 is 8.39 Å². The Morgan fingerprint density at radius 2 is 1.00 bits per heavy atom. The van der Waals surface area contributed by atoms with E-state index in [2.05, 4.69) is 33.7 Å². The normalized spacial score (nSPS) is 19.2. The third kappa shape index (κ3) is 66.4. The standard InChI is InChI=1S/Cl3F2P/c1-6(2,3,4)5. The topological polar surface area (TPSA) is 0 Å². The molecule has 0 aromatic heterocycles. The van der Waals surface area contributed by atoms with Crippen LogP contribution >= 0.6 is 39.0 Å². The van der Waals surface area contributed by atoms with Crippen molar-refractivity contribution in [3.63, 3.8) is 0 Å². The van der Waals surface area contributed by atoms with E-state index in [1.807, 2.05) is 0 Å². The van der Waals surface area contributed by atoms with Crippen LogP contribution in [0.15, 0.2) is 0 Å². The Morgan fingerprint density at radius 3 is 1.00 bits per heavy atom. The molecule has 0 unspecified atom stereocenters. The molecule has 0 aliphatic heterocycles. The van der Waals surface area contributed by atoms with Crippen LogP contribution in [0.1, 0.15) is 0 Å². The third-order valence-corrected chi connectivity index (χ3v) is 0. The average molecular weight is 175 g/mol. The van der Waals surface area contributed by atoms with Gasteiger partial charge in [-0.15, -0.1) is 0 Å². The van der Waals surface area contributed by atoms with Crippen molar-refractivity contribution >= 4 is 39.0 Å². The van der Waals surface area contributed by atoms with Crippen LogP contribution in [0.5, 0.6) is 0 Å². The van der Waals surface area contributed by atoms with Gasteiger partial charge in [0.2, 0.25) is 0 Å². The maximum atomic E-state index is 11.1. The molecule has 0 aromatic carbocycles. The first-order valence-corrected chi connectivity index (χ1v) is 5.58. The van der Waals surface area contributed by atoms with Crippen LogP contribution in [0, 0.1) is 0 Å². The van der Waals surface area contributed by atoms with Gasteiger partial charge >= 0.3 is 47.4 Å². The second-order valence-electron chi connectivity index (χ2n) is 0.639. The predicted octanol–water partition coefficient (Wildman–Crippen LogP) is 3.77. The molecular formula is Cl3F2P. The zero-order valence-corrected chi connectivity index (χ0v) is 5.50. The van der Waals surface area contributed by atoms with Gasteiger partial charge in [-0.2, -0.15) is 0 Å². The summed E-state index contributed by atoms with van der Waals surface area (Å²) in [4.78, 5) is 0. The zero-order chi connectivity index (χ0) is 5.45. The van der Waals surface area contributed by atoms with Gasteiger partial charge in [-0.25, -0.2) is 0 Å². The molecule has 0 spiro atoms. The van der Waals surface area contributed by atoms with Gasteiger partial charge in [0.05, 0.1) is 0 Å². The Labute approximate surface area is 47.9 Å². The Balaban J connectivity index is 3.73. The molecule has 0 aliphatic carbocycles. The zero-order valence-electron chi connectivity index (χ0n) is 2.34. The fourth-order valence-electron chi connectivity index (χ4n) is 0. The van der Waals surface area contributed by atoms with Gasteiger partial charge < -0.3 is 0 Å². The molecule has 0 aromatic rings. The summed E-state index contributed by atoms with van der Waals surface area (Å²) in [6.45, 7) is 0. The molecule has 6 heavy (non-hydrogen) atoms. The van der Waals surface area contributed by atoms with Crippen LogP contribution < -0.4 is 0 Å². The fourth-order valence-corrected chi connectivity index (χ4v) is 0. The van der Waals surface area contributed by atoms with Gasteiger partial charge in [-0.05, 0) is 0 Å². The van der Waals surface area contributed by atoms with Crippen LogP contribution in [0.25, 0.3) is 0 Å². The summed E-state index contributed by atoms with van der Waals surface area (Å²) in [6.07, 6.45) is 0. The van der Waals surface area contributed by atoms with E-state index in [0.717, 1.165) is 0 Å². The summed E-state index contributed by atoms with van der Waals surface area (Å²) < 4.78 is 22.3. The first-order valence-electron chi connectivity index (χ1n) is 0.845. The third-order valence-electron chi connectivity index (χ3n) is 0. The summed E-state index contributed by atoms with van der Waals surface area (Å²) in [5, 5.41) is -5.63. The number of rotatable bonds is 0. The molecule has 40 valence electrons. The van der Waals surface area contributed by atoms with Crippen LogP contribution in [-0.4, -0.2) is 0 Å². The van der Waals surface area contributed by atoms with Crippen molar-refractivity contribution in [2.45, 2.75) is 0 Å². The molecule has 0 rings (SSSR count). The van der Waals surface area contributed by atoms with Gasteiger partial charge in [0.25, 0.3) is 0 Å². The summed E-state index contributed by atoms with van der Waals surface area (Å²) in [7, 11) is 0. The van der Waals surface area contributed by atoms with Crippen LogP contribution in [0.2, 0.25) is 0 Å². The molecule has 0 saturated carbocycles. The second-order valence-corrected chi connectivity index (χ2v) is 8.82. The molecule has 0 radical (unpaired) electrons. The van der Waals surface area contributed by atoms with E-state index >= 15 is 0 Å². The molecule has 0 heterocycles. The second kappa shape index (κ2) is 1.32. The van der Waals surface area contributed by atoms with E-state index in [0.29, 0.717) is 0 Å². The summed E-state index contributed by atoms with van der Waals surface area (Å²) in [6, 6.07) is 0. The Hall–Kier alpha value is 1.16. The van der Waals surface area contributed by atoms with E-state index in [1.165, 1.54) is 0 Å². The molecule has 0 atom stereocenters. The quantitative estimate of drug-likeness (QED) is 0.492. The van der Waals surface area contributed by atoms with Crippen LogP contribution in [0.4, 0.5) is 8.39 Å². The summed E-state index contributed by atoms with van der Waals surface area (Å²) >= 11 is 12.3. The molecule has 6 heteroatoms. The monoisotopic (exact) mass is 174 g/mol. The molecule has 0 saturated heterocycles.